The normalized spacial score (nSPS) is 16.2. The summed E-state index contributed by atoms with van der Waals surface area (Å²) in [7, 11) is -3.71. The van der Waals surface area contributed by atoms with Gasteiger partial charge in [-0.2, -0.15) is 4.37 Å². The number of piperazine rings is 1. The first-order chi connectivity index (χ1) is 16.9. The summed E-state index contributed by atoms with van der Waals surface area (Å²) in [6.07, 6.45) is 3.30. The van der Waals surface area contributed by atoms with Gasteiger partial charge < -0.3 is 14.7 Å². The molecule has 2 aliphatic heterocycles. The van der Waals surface area contributed by atoms with Crippen LogP contribution in [0.25, 0.3) is 0 Å². The molecule has 0 bridgehead atoms. The van der Waals surface area contributed by atoms with Crippen LogP contribution in [0, 0.1) is 0 Å². The van der Waals surface area contributed by atoms with Crippen molar-refractivity contribution < 1.29 is 14.6 Å². The van der Waals surface area contributed by atoms with E-state index in [-0.39, 0.29) is 17.4 Å². The lowest BCUT2D eigenvalue weighted by molar-refractivity contribution is -0.130. The van der Waals surface area contributed by atoms with Crippen LogP contribution in [0.5, 0.6) is 0 Å². The Balaban J connectivity index is 0.00000304. The van der Waals surface area contributed by atoms with E-state index < -0.39 is 10.0 Å². The van der Waals surface area contributed by atoms with Gasteiger partial charge in [-0.25, -0.2) is 13.4 Å². The quantitative estimate of drug-likeness (QED) is 0.518. The number of nitrogens with one attached hydrogen (secondary N) is 1. The van der Waals surface area contributed by atoms with E-state index in [1.165, 1.54) is 11.9 Å². The first-order valence-corrected chi connectivity index (χ1v) is 14.0. The number of anilines is 3. The summed E-state index contributed by atoms with van der Waals surface area (Å²) in [5.74, 6) is 0.122. The molecule has 0 atom stereocenters. The van der Waals surface area contributed by atoms with Crippen LogP contribution in [0.2, 0.25) is 5.02 Å². The average Bonchev–Trinajstić information content (AvgIpc) is 3.36. The highest BCUT2D eigenvalue weighted by atomic mass is 35.5. The Labute approximate surface area is 215 Å². The van der Waals surface area contributed by atoms with E-state index in [0.717, 1.165) is 47.3 Å². The lowest BCUT2D eigenvalue weighted by Gasteiger charge is -2.38. The number of hydrogen-bond acceptors (Lipinski definition) is 8. The lowest BCUT2D eigenvalue weighted by atomic mass is 10.0. The van der Waals surface area contributed by atoms with Crippen molar-refractivity contribution in [3.8, 4) is 0 Å². The molecule has 1 N–H and O–H groups in total. The van der Waals surface area contributed by atoms with Crippen LogP contribution in [0.4, 0.5) is 16.5 Å². The number of carbonyl (C=O) groups excluding carboxylic acids is 1. The van der Waals surface area contributed by atoms with Gasteiger partial charge in [-0.3, -0.25) is 9.52 Å². The molecule has 3 heterocycles. The summed E-state index contributed by atoms with van der Waals surface area (Å²) in [6, 6.07) is 12.6. The molecule has 5 rings (SSSR count). The smallest absolute Gasteiger partial charge is 0.263 e. The zero-order valence-corrected chi connectivity index (χ0v) is 21.3. The van der Waals surface area contributed by atoms with Gasteiger partial charge in [0, 0.05) is 62.1 Å². The largest absolute Gasteiger partial charge is 0.368 e. The molecule has 2 aromatic carbocycles. The van der Waals surface area contributed by atoms with E-state index in [4.69, 9.17) is 11.6 Å². The van der Waals surface area contributed by atoms with E-state index in [0.29, 0.717) is 32.7 Å². The fraction of sp³-hybridized carbons (Fsp3) is 0.348. The Morgan fingerprint density at radius 3 is 2.57 bits per heavy atom. The van der Waals surface area contributed by atoms with Crippen LogP contribution < -0.4 is 14.5 Å². The number of nitrogens with zero attached hydrogens (tertiary/aromatic N) is 5. The Morgan fingerprint density at radius 1 is 1.09 bits per heavy atom. The van der Waals surface area contributed by atoms with Gasteiger partial charge in [0.15, 0.2) is 0 Å². The average molecular weight is 535 g/mol. The van der Waals surface area contributed by atoms with Crippen LogP contribution in [-0.4, -0.2) is 67.9 Å². The Kier molecular flexibility index (Phi) is 6.81. The maximum Gasteiger partial charge on any atom is 0.263 e. The third kappa shape index (κ3) is 5.36. The molecule has 3 aromatic rings. The van der Waals surface area contributed by atoms with Crippen molar-refractivity contribution in [2.24, 2.45) is 0 Å². The first-order valence-electron chi connectivity index (χ1n) is 11.3. The Morgan fingerprint density at radius 2 is 1.86 bits per heavy atom. The highest BCUT2D eigenvalue weighted by molar-refractivity contribution is 7.93. The molecule has 0 aliphatic carbocycles. The second-order valence-electron chi connectivity index (χ2n) is 8.51. The second kappa shape index (κ2) is 10.00. The van der Waals surface area contributed by atoms with E-state index in [9.17, 15) is 13.2 Å². The van der Waals surface area contributed by atoms with E-state index in [2.05, 4.69) is 23.9 Å². The standard InChI is InChI=1S/C23H25ClN6O3S2.H2/c24-18-3-8-21-17(14-18)2-1-9-30(21)15-22(31)29-12-10-28(11-13-29)19-4-6-20(7-5-19)35(32,33)27-23-25-16-26-34-23;/h3-8,14,16H,1-2,9-13,15H2,(H,25,26,27);1H. The number of amides is 1. The van der Waals surface area contributed by atoms with Crippen molar-refractivity contribution in [3.05, 3.63) is 59.4 Å². The highest BCUT2D eigenvalue weighted by Crippen LogP contribution is 2.29. The summed E-state index contributed by atoms with van der Waals surface area (Å²) in [5, 5.41) is 0.957. The molecule has 0 saturated carbocycles. The second-order valence-corrected chi connectivity index (χ2v) is 11.4. The van der Waals surface area contributed by atoms with Crippen LogP contribution in [0.15, 0.2) is 53.7 Å². The van der Waals surface area contributed by atoms with Gasteiger partial charge in [0.05, 0.1) is 11.4 Å². The molecule has 0 unspecified atom stereocenters. The lowest BCUT2D eigenvalue weighted by Crippen LogP contribution is -2.51. The van der Waals surface area contributed by atoms with Gasteiger partial charge in [-0.1, -0.05) is 11.6 Å². The zero-order valence-electron chi connectivity index (χ0n) is 18.9. The Hall–Kier alpha value is -2.89. The van der Waals surface area contributed by atoms with Gasteiger partial charge in [0.2, 0.25) is 11.0 Å². The minimum Gasteiger partial charge on any atom is -0.368 e. The molecule has 0 radical (unpaired) electrons. The van der Waals surface area contributed by atoms with Crippen LogP contribution >= 0.6 is 23.1 Å². The Bertz CT molecular complexity index is 1300. The number of rotatable bonds is 6. The number of aryl methyl sites for hydroxylation is 1. The van der Waals surface area contributed by atoms with Crippen molar-refractivity contribution in [1.29, 1.82) is 0 Å². The number of benzene rings is 2. The van der Waals surface area contributed by atoms with Gasteiger partial charge >= 0.3 is 0 Å². The fourth-order valence-electron chi connectivity index (χ4n) is 4.51. The third-order valence-corrected chi connectivity index (χ3v) is 8.61. The molecule has 1 saturated heterocycles. The van der Waals surface area contributed by atoms with Gasteiger partial charge in [-0.05, 0) is 60.9 Å². The molecular weight excluding hydrogens is 508 g/mol. The number of aromatic nitrogens is 2. The third-order valence-electron chi connectivity index (χ3n) is 6.31. The summed E-state index contributed by atoms with van der Waals surface area (Å²) >= 11 is 7.12. The van der Waals surface area contributed by atoms with Crippen molar-refractivity contribution in [2.45, 2.75) is 17.7 Å². The first kappa shape index (κ1) is 23.8. The summed E-state index contributed by atoms with van der Waals surface area (Å²) in [6.45, 7) is 3.85. The van der Waals surface area contributed by atoms with Crippen molar-refractivity contribution in [3.63, 3.8) is 0 Å². The summed E-state index contributed by atoms with van der Waals surface area (Å²) in [4.78, 5) is 23.3. The highest BCUT2D eigenvalue weighted by Gasteiger charge is 2.25. The molecule has 186 valence electrons. The number of hydrogen-bond donors (Lipinski definition) is 1. The minimum atomic E-state index is -3.71. The molecule has 2 aliphatic rings. The molecule has 1 aromatic heterocycles. The number of halogens is 1. The topological polar surface area (TPSA) is 98.7 Å². The molecule has 9 nitrogen and oxygen atoms in total. The monoisotopic (exact) mass is 534 g/mol. The molecule has 35 heavy (non-hydrogen) atoms. The van der Waals surface area contributed by atoms with Crippen molar-refractivity contribution in [1.82, 2.24) is 14.3 Å². The van der Waals surface area contributed by atoms with Crippen LogP contribution in [-0.2, 0) is 21.2 Å². The van der Waals surface area contributed by atoms with Gasteiger partial charge in [-0.15, -0.1) is 0 Å². The minimum absolute atomic E-state index is 0. The number of sulfonamides is 1. The molecule has 1 fully saturated rings. The fourth-order valence-corrected chi connectivity index (χ4v) is 6.37. The van der Waals surface area contributed by atoms with Crippen molar-refractivity contribution in [2.75, 3.05) is 53.8 Å². The maximum atomic E-state index is 13.0. The van der Waals surface area contributed by atoms with Gasteiger partial charge in [0.1, 0.15) is 6.33 Å². The van der Waals surface area contributed by atoms with Crippen LogP contribution in [0.3, 0.4) is 0 Å². The summed E-state index contributed by atoms with van der Waals surface area (Å²) in [5.41, 5.74) is 3.22. The molecule has 12 heteroatoms. The van der Waals surface area contributed by atoms with E-state index >= 15 is 0 Å². The zero-order chi connectivity index (χ0) is 24.4. The summed E-state index contributed by atoms with van der Waals surface area (Å²) < 4.78 is 31.3. The SMILES string of the molecule is O=C(CN1CCCc2cc(Cl)ccc21)N1CCN(c2ccc(S(=O)(=O)Nc3ncns3)cc2)CC1.[HH]. The molecular formula is C23H27ClN6O3S2. The maximum absolute atomic E-state index is 13.0. The van der Waals surface area contributed by atoms with Crippen molar-refractivity contribution >= 4 is 55.6 Å². The van der Waals surface area contributed by atoms with E-state index in [1.54, 1.807) is 24.3 Å². The number of carbonyl (C=O) groups is 1. The predicted octanol–water partition coefficient (Wildman–Crippen LogP) is 3.34. The predicted molar refractivity (Wildman–Crippen MR) is 140 cm³/mol. The van der Waals surface area contributed by atoms with E-state index in [1.807, 2.05) is 23.1 Å². The molecule has 0 spiro atoms. The van der Waals surface area contributed by atoms with Gasteiger partial charge in [0.25, 0.3) is 10.0 Å². The molecule has 1 amide bonds. The number of fused-ring (bicyclic) bond motifs is 1. The van der Waals surface area contributed by atoms with Crippen LogP contribution in [0.1, 0.15) is 13.4 Å².